The lowest BCUT2D eigenvalue weighted by atomic mass is 10.1. The average Bonchev–Trinajstić information content (AvgIpc) is 2.59. The monoisotopic (exact) mass is 341 g/mol. The number of pyridine rings is 1. The molecule has 1 aromatic heterocycles. The first-order valence-corrected chi connectivity index (χ1v) is 7.96. The lowest BCUT2D eigenvalue weighted by Gasteiger charge is -2.23. The number of aromatic nitrogens is 1. The maximum Gasteiger partial charge on any atom is 0.136 e. The van der Waals surface area contributed by atoms with Crippen LogP contribution in [0.5, 0.6) is 0 Å². The Morgan fingerprint density at radius 3 is 2.21 bits per heavy atom. The first kappa shape index (κ1) is 18.2. The van der Waals surface area contributed by atoms with Crippen molar-refractivity contribution in [2.45, 2.75) is 0 Å². The van der Waals surface area contributed by atoms with Crippen LogP contribution in [0.3, 0.4) is 0 Å². The molecule has 0 fully saturated rings. The molecule has 0 aliphatic heterocycles. The molecule has 0 saturated carbocycles. The van der Waals surface area contributed by atoms with Gasteiger partial charge < -0.3 is 9.80 Å². The predicted molar refractivity (Wildman–Crippen MR) is 106 cm³/mol. The fourth-order valence-corrected chi connectivity index (χ4v) is 2.68. The van der Waals surface area contributed by atoms with Crippen molar-refractivity contribution in [2.75, 3.05) is 39.1 Å². The third kappa shape index (κ3) is 4.05. The minimum absolute atomic E-state index is 0. The summed E-state index contributed by atoms with van der Waals surface area (Å²) in [5, 5.41) is 2.43. The van der Waals surface area contributed by atoms with Gasteiger partial charge in [0.25, 0.3) is 0 Å². The van der Waals surface area contributed by atoms with Crippen LogP contribution in [0, 0.1) is 0 Å². The minimum Gasteiger partial charge on any atom is -0.358 e. The zero-order valence-corrected chi connectivity index (χ0v) is 15.3. The Balaban J connectivity index is 0.00000208. The SMILES string of the molecule is CN(C)CCN(C)c1nc(-c2ccccc2)cc2ccccc12.Cl. The Hall–Kier alpha value is -2.10. The molecule has 0 bridgehead atoms. The summed E-state index contributed by atoms with van der Waals surface area (Å²) in [4.78, 5) is 9.40. The van der Waals surface area contributed by atoms with Gasteiger partial charge in [0.15, 0.2) is 0 Å². The summed E-state index contributed by atoms with van der Waals surface area (Å²) in [5.74, 6) is 1.05. The van der Waals surface area contributed by atoms with Crippen molar-refractivity contribution in [3.8, 4) is 11.3 Å². The van der Waals surface area contributed by atoms with Gasteiger partial charge in [0.05, 0.1) is 5.69 Å². The maximum absolute atomic E-state index is 4.96. The normalized spacial score (nSPS) is 10.7. The van der Waals surface area contributed by atoms with E-state index in [1.165, 1.54) is 10.8 Å². The smallest absolute Gasteiger partial charge is 0.136 e. The highest BCUT2D eigenvalue weighted by molar-refractivity contribution is 5.94. The Morgan fingerprint density at radius 1 is 0.833 bits per heavy atom. The molecular weight excluding hydrogens is 318 g/mol. The molecule has 24 heavy (non-hydrogen) atoms. The summed E-state index contributed by atoms with van der Waals surface area (Å²) in [6.45, 7) is 1.95. The van der Waals surface area contributed by atoms with Gasteiger partial charge in [-0.25, -0.2) is 4.98 Å². The molecule has 0 radical (unpaired) electrons. The largest absolute Gasteiger partial charge is 0.358 e. The Kier molecular flexibility index (Phi) is 6.18. The van der Waals surface area contributed by atoms with E-state index in [9.17, 15) is 0 Å². The molecule has 4 heteroatoms. The molecule has 0 aliphatic rings. The molecule has 0 unspecified atom stereocenters. The van der Waals surface area contributed by atoms with Gasteiger partial charge in [-0.05, 0) is 25.5 Å². The Labute approximate surface area is 150 Å². The van der Waals surface area contributed by atoms with E-state index < -0.39 is 0 Å². The van der Waals surface area contributed by atoms with Crippen LogP contribution < -0.4 is 4.90 Å². The van der Waals surface area contributed by atoms with E-state index in [1.807, 2.05) is 6.07 Å². The van der Waals surface area contributed by atoms with Gasteiger partial charge in [-0.1, -0.05) is 54.6 Å². The van der Waals surface area contributed by atoms with Crippen molar-refractivity contribution in [1.82, 2.24) is 9.88 Å². The molecule has 0 amide bonds. The molecule has 126 valence electrons. The molecule has 3 aromatic rings. The highest BCUT2D eigenvalue weighted by atomic mass is 35.5. The number of hydrogen-bond acceptors (Lipinski definition) is 3. The minimum atomic E-state index is 0. The number of likely N-dealkylation sites (N-methyl/N-ethyl adjacent to an activating group) is 2. The second-order valence-corrected chi connectivity index (χ2v) is 6.14. The van der Waals surface area contributed by atoms with E-state index in [2.05, 4.69) is 85.5 Å². The highest BCUT2D eigenvalue weighted by Gasteiger charge is 2.11. The number of nitrogens with zero attached hydrogens (tertiary/aromatic N) is 3. The van der Waals surface area contributed by atoms with Crippen LogP contribution in [0.15, 0.2) is 60.7 Å². The fourth-order valence-electron chi connectivity index (χ4n) is 2.68. The van der Waals surface area contributed by atoms with Crippen LogP contribution in [0.4, 0.5) is 5.82 Å². The van der Waals surface area contributed by atoms with Gasteiger partial charge in [0.1, 0.15) is 5.82 Å². The first-order valence-electron chi connectivity index (χ1n) is 7.96. The standard InChI is InChI=1S/C20H23N3.ClH/c1-22(2)13-14-23(3)20-18-12-8-7-11-17(18)15-19(21-20)16-9-5-4-6-10-16;/h4-12,15H,13-14H2,1-3H3;1H. The van der Waals surface area contributed by atoms with Crippen LogP contribution in [0.2, 0.25) is 0 Å². The predicted octanol–water partition coefficient (Wildman–Crippen LogP) is 4.32. The highest BCUT2D eigenvalue weighted by Crippen LogP contribution is 2.29. The van der Waals surface area contributed by atoms with Gasteiger partial charge in [-0.15, -0.1) is 12.4 Å². The summed E-state index contributed by atoms with van der Waals surface area (Å²) in [5.41, 5.74) is 2.18. The van der Waals surface area contributed by atoms with E-state index >= 15 is 0 Å². The third-order valence-electron chi connectivity index (χ3n) is 4.03. The van der Waals surface area contributed by atoms with Crippen molar-refractivity contribution in [1.29, 1.82) is 0 Å². The lowest BCUT2D eigenvalue weighted by molar-refractivity contribution is 0.416. The quantitative estimate of drug-likeness (QED) is 0.689. The summed E-state index contributed by atoms with van der Waals surface area (Å²) >= 11 is 0. The van der Waals surface area contributed by atoms with Crippen molar-refractivity contribution in [3.63, 3.8) is 0 Å². The summed E-state index contributed by atoms with van der Waals surface area (Å²) in [6.07, 6.45) is 0. The van der Waals surface area contributed by atoms with E-state index in [4.69, 9.17) is 4.98 Å². The third-order valence-corrected chi connectivity index (χ3v) is 4.03. The maximum atomic E-state index is 4.96. The Morgan fingerprint density at radius 2 is 1.50 bits per heavy atom. The van der Waals surface area contributed by atoms with Crippen LogP contribution in [0.1, 0.15) is 0 Å². The number of fused-ring (bicyclic) bond motifs is 1. The van der Waals surface area contributed by atoms with Crippen LogP contribution in [-0.4, -0.2) is 44.1 Å². The summed E-state index contributed by atoms with van der Waals surface area (Å²) in [7, 11) is 6.31. The number of anilines is 1. The van der Waals surface area contributed by atoms with E-state index in [0.717, 1.165) is 30.2 Å². The van der Waals surface area contributed by atoms with Crippen molar-refractivity contribution < 1.29 is 0 Å². The van der Waals surface area contributed by atoms with Gasteiger partial charge in [-0.3, -0.25) is 0 Å². The molecule has 0 N–H and O–H groups in total. The molecule has 1 heterocycles. The molecule has 0 spiro atoms. The zero-order chi connectivity index (χ0) is 16.2. The van der Waals surface area contributed by atoms with Gasteiger partial charge in [0, 0.05) is 31.1 Å². The van der Waals surface area contributed by atoms with E-state index in [0.29, 0.717) is 0 Å². The Bertz CT molecular complexity index is 787. The van der Waals surface area contributed by atoms with Gasteiger partial charge >= 0.3 is 0 Å². The average molecular weight is 342 g/mol. The molecule has 2 aromatic carbocycles. The molecule has 0 atom stereocenters. The van der Waals surface area contributed by atoms with Gasteiger partial charge in [0.2, 0.25) is 0 Å². The van der Waals surface area contributed by atoms with E-state index in [-0.39, 0.29) is 12.4 Å². The molecule has 3 rings (SSSR count). The lowest BCUT2D eigenvalue weighted by Crippen LogP contribution is -2.29. The first-order chi connectivity index (χ1) is 11.1. The van der Waals surface area contributed by atoms with Crippen LogP contribution in [0.25, 0.3) is 22.0 Å². The second-order valence-electron chi connectivity index (χ2n) is 6.14. The zero-order valence-electron chi connectivity index (χ0n) is 14.4. The number of halogens is 1. The molecule has 0 aliphatic carbocycles. The van der Waals surface area contributed by atoms with Crippen molar-refractivity contribution >= 4 is 29.0 Å². The topological polar surface area (TPSA) is 19.4 Å². The number of hydrogen-bond donors (Lipinski definition) is 0. The van der Waals surface area contributed by atoms with Crippen LogP contribution >= 0.6 is 12.4 Å². The molecule has 0 saturated heterocycles. The fraction of sp³-hybridized carbons (Fsp3) is 0.250. The van der Waals surface area contributed by atoms with Crippen LogP contribution in [-0.2, 0) is 0 Å². The van der Waals surface area contributed by atoms with E-state index in [1.54, 1.807) is 0 Å². The molecular formula is C20H24ClN3. The molecule has 3 nitrogen and oxygen atoms in total. The number of benzene rings is 2. The summed E-state index contributed by atoms with van der Waals surface area (Å²) < 4.78 is 0. The summed E-state index contributed by atoms with van der Waals surface area (Å²) in [6, 6.07) is 21.0. The number of rotatable bonds is 5. The van der Waals surface area contributed by atoms with Crippen molar-refractivity contribution in [3.05, 3.63) is 60.7 Å². The van der Waals surface area contributed by atoms with Gasteiger partial charge in [-0.2, -0.15) is 0 Å². The van der Waals surface area contributed by atoms with Crippen molar-refractivity contribution in [2.24, 2.45) is 0 Å². The second kappa shape index (κ2) is 8.13.